The van der Waals surface area contributed by atoms with Crippen LogP contribution in [0.5, 0.6) is 0 Å². The Bertz CT molecular complexity index is 266. The lowest BCUT2D eigenvalue weighted by molar-refractivity contribution is -0.130. The number of carbonyl (C=O) groups excluding carboxylic acids is 2. The van der Waals surface area contributed by atoms with E-state index in [9.17, 15) is 9.59 Å². The fourth-order valence-electron chi connectivity index (χ4n) is 1.80. The van der Waals surface area contributed by atoms with Gasteiger partial charge in [-0.1, -0.05) is 13.8 Å². The van der Waals surface area contributed by atoms with E-state index >= 15 is 0 Å². The molecule has 92 valence electrons. The Kier molecular flexibility index (Phi) is 4.73. The molecule has 0 aromatic heterocycles. The third-order valence-electron chi connectivity index (χ3n) is 2.66. The summed E-state index contributed by atoms with van der Waals surface area (Å²) < 4.78 is 0. The van der Waals surface area contributed by atoms with Crippen LogP contribution in [0.15, 0.2) is 0 Å². The van der Waals surface area contributed by atoms with Crippen LogP contribution in [-0.4, -0.2) is 30.4 Å². The van der Waals surface area contributed by atoms with Gasteiger partial charge in [-0.15, -0.1) is 0 Å². The van der Waals surface area contributed by atoms with Crippen LogP contribution in [0.25, 0.3) is 0 Å². The van der Waals surface area contributed by atoms with Crippen molar-refractivity contribution in [3.05, 3.63) is 0 Å². The number of nitrogens with two attached hydrogens (primary N) is 1. The molecule has 1 heterocycles. The first-order valence-electron chi connectivity index (χ1n) is 5.84. The number of piperidine rings is 1. The van der Waals surface area contributed by atoms with Gasteiger partial charge in [0.05, 0.1) is 6.04 Å². The predicted octanol–water partition coefficient (Wildman–Crippen LogP) is -0.245. The van der Waals surface area contributed by atoms with Gasteiger partial charge < -0.3 is 16.4 Å². The van der Waals surface area contributed by atoms with Crippen molar-refractivity contribution in [3.8, 4) is 0 Å². The fourth-order valence-corrected chi connectivity index (χ4v) is 1.80. The quantitative estimate of drug-likeness (QED) is 0.619. The Labute approximate surface area is 96.1 Å². The second-order valence-electron chi connectivity index (χ2n) is 4.73. The second kappa shape index (κ2) is 5.84. The molecule has 0 aromatic carbocycles. The van der Waals surface area contributed by atoms with Crippen LogP contribution in [0.4, 0.5) is 0 Å². The maximum absolute atomic E-state index is 11.7. The number of rotatable bonds is 4. The molecule has 1 fully saturated rings. The molecule has 5 nitrogen and oxygen atoms in total. The topological polar surface area (TPSA) is 84.2 Å². The van der Waals surface area contributed by atoms with E-state index in [0.29, 0.717) is 25.3 Å². The van der Waals surface area contributed by atoms with Crippen molar-refractivity contribution in [1.82, 2.24) is 10.6 Å². The maximum Gasteiger partial charge on any atom is 0.242 e. The lowest BCUT2D eigenvalue weighted by Gasteiger charge is -2.24. The summed E-state index contributed by atoms with van der Waals surface area (Å²) in [6.07, 6.45) is 2.24. The molecule has 1 rings (SSSR count). The van der Waals surface area contributed by atoms with E-state index in [2.05, 4.69) is 10.6 Å². The molecule has 0 aromatic rings. The maximum atomic E-state index is 11.7. The summed E-state index contributed by atoms with van der Waals surface area (Å²) in [7, 11) is 0. The third kappa shape index (κ3) is 3.81. The van der Waals surface area contributed by atoms with Gasteiger partial charge in [0.2, 0.25) is 11.8 Å². The highest BCUT2D eigenvalue weighted by Gasteiger charge is 2.25. The molecule has 0 aliphatic carbocycles. The molecule has 1 aliphatic rings. The van der Waals surface area contributed by atoms with E-state index in [1.807, 2.05) is 13.8 Å². The van der Waals surface area contributed by atoms with E-state index < -0.39 is 12.1 Å². The SMILES string of the molecule is CC(C)C[C@H](N)C(=O)NC1CCCNC1=O. The van der Waals surface area contributed by atoms with Crippen molar-refractivity contribution >= 4 is 11.8 Å². The molecule has 16 heavy (non-hydrogen) atoms. The van der Waals surface area contributed by atoms with E-state index in [-0.39, 0.29) is 11.8 Å². The van der Waals surface area contributed by atoms with Gasteiger partial charge in [-0.2, -0.15) is 0 Å². The molecule has 1 unspecified atom stereocenters. The molecular formula is C11H21N3O2. The van der Waals surface area contributed by atoms with Crippen molar-refractivity contribution < 1.29 is 9.59 Å². The first kappa shape index (κ1) is 13.0. The number of nitrogens with one attached hydrogen (secondary N) is 2. The molecule has 4 N–H and O–H groups in total. The smallest absolute Gasteiger partial charge is 0.242 e. The van der Waals surface area contributed by atoms with Crippen molar-refractivity contribution in [3.63, 3.8) is 0 Å². The standard InChI is InChI=1S/C11H21N3O2/c1-7(2)6-8(12)10(15)14-9-4-3-5-13-11(9)16/h7-9H,3-6,12H2,1-2H3,(H,13,16)(H,14,15)/t8-,9?/m0/s1. The Morgan fingerprint density at radius 3 is 2.88 bits per heavy atom. The molecular weight excluding hydrogens is 206 g/mol. The van der Waals surface area contributed by atoms with Crippen molar-refractivity contribution in [2.24, 2.45) is 11.7 Å². The molecule has 0 radical (unpaired) electrons. The van der Waals surface area contributed by atoms with E-state index in [1.54, 1.807) is 0 Å². The number of carbonyl (C=O) groups is 2. The Morgan fingerprint density at radius 2 is 2.31 bits per heavy atom. The van der Waals surface area contributed by atoms with Crippen molar-refractivity contribution in [1.29, 1.82) is 0 Å². The molecule has 2 amide bonds. The van der Waals surface area contributed by atoms with E-state index in [1.165, 1.54) is 0 Å². The van der Waals surface area contributed by atoms with Gasteiger partial charge in [-0.25, -0.2) is 0 Å². The molecule has 2 atom stereocenters. The Morgan fingerprint density at radius 1 is 1.62 bits per heavy atom. The lowest BCUT2D eigenvalue weighted by atomic mass is 10.0. The zero-order valence-corrected chi connectivity index (χ0v) is 9.95. The van der Waals surface area contributed by atoms with Crippen LogP contribution in [-0.2, 0) is 9.59 Å². The summed E-state index contributed by atoms with van der Waals surface area (Å²) in [5, 5.41) is 5.42. The average molecular weight is 227 g/mol. The van der Waals surface area contributed by atoms with Crippen LogP contribution < -0.4 is 16.4 Å². The highest BCUT2D eigenvalue weighted by Crippen LogP contribution is 2.06. The van der Waals surface area contributed by atoms with Gasteiger partial charge in [-0.3, -0.25) is 9.59 Å². The minimum absolute atomic E-state index is 0.101. The predicted molar refractivity (Wildman–Crippen MR) is 61.6 cm³/mol. The minimum Gasteiger partial charge on any atom is -0.354 e. The van der Waals surface area contributed by atoms with Gasteiger partial charge in [0, 0.05) is 6.54 Å². The van der Waals surface area contributed by atoms with Crippen LogP contribution in [0.2, 0.25) is 0 Å². The number of amides is 2. The molecule has 1 aliphatic heterocycles. The molecule has 0 bridgehead atoms. The van der Waals surface area contributed by atoms with Crippen molar-refractivity contribution in [2.75, 3.05) is 6.54 Å². The number of hydrogen-bond donors (Lipinski definition) is 3. The summed E-state index contributed by atoms with van der Waals surface area (Å²) in [4.78, 5) is 23.1. The summed E-state index contributed by atoms with van der Waals surface area (Å²) in [5.74, 6) is 0.0491. The molecule has 0 saturated carbocycles. The first-order chi connectivity index (χ1) is 7.50. The van der Waals surface area contributed by atoms with Crippen LogP contribution in [0.1, 0.15) is 33.1 Å². The van der Waals surface area contributed by atoms with Crippen LogP contribution in [0.3, 0.4) is 0 Å². The van der Waals surface area contributed by atoms with Crippen LogP contribution >= 0.6 is 0 Å². The molecule has 0 spiro atoms. The highest BCUT2D eigenvalue weighted by molar-refractivity contribution is 5.89. The van der Waals surface area contributed by atoms with Gasteiger partial charge in [0.15, 0.2) is 0 Å². The zero-order valence-electron chi connectivity index (χ0n) is 9.95. The zero-order chi connectivity index (χ0) is 12.1. The monoisotopic (exact) mass is 227 g/mol. The lowest BCUT2D eigenvalue weighted by Crippen LogP contribution is -2.54. The fraction of sp³-hybridized carbons (Fsp3) is 0.818. The third-order valence-corrected chi connectivity index (χ3v) is 2.66. The summed E-state index contributed by atoms with van der Waals surface area (Å²) >= 11 is 0. The first-order valence-corrected chi connectivity index (χ1v) is 5.84. The highest BCUT2D eigenvalue weighted by atomic mass is 16.2. The number of hydrogen-bond acceptors (Lipinski definition) is 3. The Balaban J connectivity index is 2.40. The molecule has 5 heteroatoms. The van der Waals surface area contributed by atoms with Gasteiger partial charge in [-0.05, 0) is 25.2 Å². The second-order valence-corrected chi connectivity index (χ2v) is 4.73. The summed E-state index contributed by atoms with van der Waals surface area (Å²) in [5.41, 5.74) is 5.74. The van der Waals surface area contributed by atoms with Crippen molar-refractivity contribution in [2.45, 2.75) is 45.2 Å². The normalized spacial score (nSPS) is 22.8. The summed E-state index contributed by atoms with van der Waals surface area (Å²) in [6, 6.07) is -0.922. The largest absolute Gasteiger partial charge is 0.354 e. The summed E-state index contributed by atoms with van der Waals surface area (Å²) in [6.45, 7) is 4.73. The average Bonchev–Trinajstić information content (AvgIpc) is 2.20. The van der Waals surface area contributed by atoms with Gasteiger partial charge in [0.25, 0.3) is 0 Å². The van der Waals surface area contributed by atoms with Gasteiger partial charge >= 0.3 is 0 Å². The minimum atomic E-state index is -0.519. The molecule has 1 saturated heterocycles. The van der Waals surface area contributed by atoms with E-state index in [4.69, 9.17) is 5.73 Å². The Hall–Kier alpha value is -1.10. The van der Waals surface area contributed by atoms with Gasteiger partial charge in [0.1, 0.15) is 6.04 Å². The van der Waals surface area contributed by atoms with E-state index in [0.717, 1.165) is 6.42 Å². The van der Waals surface area contributed by atoms with Crippen LogP contribution in [0, 0.1) is 5.92 Å².